The Morgan fingerprint density at radius 2 is 1.69 bits per heavy atom. The first kappa shape index (κ1) is 20.1. The fraction of sp³-hybridized carbons (Fsp3) is 0.350. The van der Waals surface area contributed by atoms with Crippen LogP contribution in [0.5, 0.6) is 5.75 Å². The van der Waals surface area contributed by atoms with E-state index in [2.05, 4.69) is 26.0 Å². The van der Waals surface area contributed by atoms with Gasteiger partial charge in [-0.15, -0.1) is 0 Å². The van der Waals surface area contributed by atoms with E-state index in [1.807, 2.05) is 12.1 Å². The van der Waals surface area contributed by atoms with E-state index in [4.69, 9.17) is 4.74 Å². The Kier molecular flexibility index (Phi) is 6.94. The molecule has 1 unspecified atom stereocenters. The number of hydrogen-bond donors (Lipinski definition) is 0. The van der Waals surface area contributed by atoms with Gasteiger partial charge in [-0.2, -0.15) is 0 Å². The van der Waals surface area contributed by atoms with Crippen LogP contribution < -0.4 is 4.74 Å². The highest BCUT2D eigenvalue weighted by Crippen LogP contribution is 2.21. The molecule has 0 fully saturated rings. The quantitative estimate of drug-likeness (QED) is 0.373. The minimum atomic E-state index is -4.49. The zero-order valence-electron chi connectivity index (χ0n) is 15.0. The van der Waals surface area contributed by atoms with Crippen LogP contribution in [0, 0.1) is 0 Å². The Morgan fingerprint density at radius 3 is 2.23 bits per heavy atom. The largest absolute Gasteiger partial charge is 0.744 e. The maximum atomic E-state index is 12.1. The zero-order valence-corrected chi connectivity index (χ0v) is 15.8. The fourth-order valence-electron chi connectivity index (χ4n) is 2.50. The third-order valence-electron chi connectivity index (χ3n) is 4.34. The van der Waals surface area contributed by atoms with Crippen molar-refractivity contribution in [3.8, 4) is 5.75 Å². The number of rotatable bonds is 9. The van der Waals surface area contributed by atoms with E-state index in [1.54, 1.807) is 0 Å². The maximum Gasteiger partial charge on any atom is 0.163 e. The fourth-order valence-corrected chi connectivity index (χ4v) is 2.97. The lowest BCUT2D eigenvalue weighted by molar-refractivity contribution is 0.0973. The molecule has 0 saturated heterocycles. The minimum absolute atomic E-state index is 0.115. The van der Waals surface area contributed by atoms with Gasteiger partial charge in [-0.25, -0.2) is 8.42 Å². The molecule has 0 amide bonds. The molecule has 0 spiro atoms. The number of carbonyl (C=O) groups is 1. The highest BCUT2D eigenvalue weighted by atomic mass is 32.2. The molecule has 2 aromatic rings. The van der Waals surface area contributed by atoms with Gasteiger partial charge in [-0.05, 0) is 48.6 Å². The van der Waals surface area contributed by atoms with Crippen molar-refractivity contribution in [1.82, 2.24) is 0 Å². The molecule has 0 aliphatic rings. The van der Waals surface area contributed by atoms with Crippen molar-refractivity contribution in [3.05, 3.63) is 59.7 Å². The molecule has 2 aromatic carbocycles. The average molecular weight is 375 g/mol. The summed E-state index contributed by atoms with van der Waals surface area (Å²) in [4.78, 5) is 11.8. The van der Waals surface area contributed by atoms with Crippen LogP contribution in [0.4, 0.5) is 0 Å². The number of hydrogen-bond acceptors (Lipinski definition) is 5. The third kappa shape index (κ3) is 5.68. The van der Waals surface area contributed by atoms with Crippen LogP contribution in [0.3, 0.4) is 0 Å². The van der Waals surface area contributed by atoms with Crippen LogP contribution in [-0.4, -0.2) is 25.4 Å². The van der Waals surface area contributed by atoms with Gasteiger partial charge in [-0.3, -0.25) is 4.79 Å². The second-order valence-corrected chi connectivity index (χ2v) is 7.61. The van der Waals surface area contributed by atoms with Crippen LogP contribution in [0.15, 0.2) is 53.4 Å². The van der Waals surface area contributed by atoms with Gasteiger partial charge < -0.3 is 9.29 Å². The van der Waals surface area contributed by atoms with Gasteiger partial charge in [0.15, 0.2) is 5.78 Å². The van der Waals surface area contributed by atoms with Crippen molar-refractivity contribution < 1.29 is 22.5 Å². The summed E-state index contributed by atoms with van der Waals surface area (Å²) in [6.45, 7) is 4.75. The SMILES string of the molecule is CCC(C)c1ccc(OCCCC(=O)c2ccc(S(=O)(=O)[O-])cc2)cc1. The third-order valence-corrected chi connectivity index (χ3v) is 5.19. The van der Waals surface area contributed by atoms with E-state index in [1.165, 1.54) is 17.7 Å². The Hall–Kier alpha value is -2.18. The Labute approximate surface area is 154 Å². The monoisotopic (exact) mass is 375 g/mol. The summed E-state index contributed by atoms with van der Waals surface area (Å²) >= 11 is 0. The molecule has 0 saturated carbocycles. The van der Waals surface area contributed by atoms with Crippen molar-refractivity contribution in [2.24, 2.45) is 0 Å². The smallest absolute Gasteiger partial charge is 0.163 e. The molecule has 5 nitrogen and oxygen atoms in total. The molecule has 6 heteroatoms. The molecular weight excluding hydrogens is 352 g/mol. The van der Waals surface area contributed by atoms with E-state index in [0.717, 1.165) is 24.3 Å². The number of Topliss-reactive ketones (excluding diaryl/α,β-unsaturated/α-hetero) is 1. The molecule has 26 heavy (non-hydrogen) atoms. The molecule has 0 radical (unpaired) electrons. The second-order valence-electron chi connectivity index (χ2n) is 6.23. The zero-order chi connectivity index (χ0) is 19.2. The molecule has 140 valence electrons. The molecule has 0 heterocycles. The topological polar surface area (TPSA) is 83.5 Å². The first-order chi connectivity index (χ1) is 12.3. The molecule has 0 aliphatic carbocycles. The van der Waals surface area contributed by atoms with Crippen LogP contribution in [-0.2, 0) is 10.1 Å². The lowest BCUT2D eigenvalue weighted by atomic mass is 9.99. The molecule has 1 atom stereocenters. The van der Waals surface area contributed by atoms with Gasteiger partial charge in [0.05, 0.1) is 11.5 Å². The number of benzene rings is 2. The molecule has 2 rings (SSSR count). The number of ketones is 1. The van der Waals surface area contributed by atoms with Gasteiger partial charge in [0.1, 0.15) is 15.9 Å². The predicted octanol–water partition coefficient (Wildman–Crippen LogP) is 4.15. The molecular formula is C20H23O5S-. The summed E-state index contributed by atoms with van der Waals surface area (Å²) in [5, 5.41) is 0. The maximum absolute atomic E-state index is 12.1. The summed E-state index contributed by atoms with van der Waals surface area (Å²) in [7, 11) is -4.49. The van der Waals surface area contributed by atoms with Crippen molar-refractivity contribution in [2.45, 2.75) is 43.9 Å². The van der Waals surface area contributed by atoms with E-state index in [0.29, 0.717) is 24.5 Å². The lowest BCUT2D eigenvalue weighted by Gasteiger charge is -2.11. The van der Waals surface area contributed by atoms with E-state index >= 15 is 0 Å². The van der Waals surface area contributed by atoms with Crippen molar-refractivity contribution in [1.29, 1.82) is 0 Å². The van der Waals surface area contributed by atoms with E-state index in [9.17, 15) is 17.8 Å². The predicted molar refractivity (Wildman–Crippen MR) is 98.6 cm³/mol. The molecule has 0 aromatic heterocycles. The molecule has 0 N–H and O–H groups in total. The Balaban J connectivity index is 1.79. The van der Waals surface area contributed by atoms with E-state index in [-0.39, 0.29) is 17.1 Å². The van der Waals surface area contributed by atoms with Crippen molar-refractivity contribution in [3.63, 3.8) is 0 Å². The van der Waals surface area contributed by atoms with Gasteiger partial charge >= 0.3 is 0 Å². The standard InChI is InChI=1S/C20H24O5S/c1-3-15(2)16-6-10-18(11-7-16)25-14-4-5-20(21)17-8-12-19(13-9-17)26(22,23)24/h6-13,15H,3-5,14H2,1-2H3,(H,22,23,24)/p-1. The first-order valence-corrected chi connectivity index (χ1v) is 10.0. The van der Waals surface area contributed by atoms with Gasteiger partial charge in [0.2, 0.25) is 0 Å². The van der Waals surface area contributed by atoms with Crippen LogP contribution in [0.1, 0.15) is 54.9 Å². The highest BCUT2D eigenvalue weighted by molar-refractivity contribution is 7.85. The Morgan fingerprint density at radius 1 is 1.08 bits per heavy atom. The summed E-state index contributed by atoms with van der Waals surface area (Å²) in [6, 6.07) is 13.0. The summed E-state index contributed by atoms with van der Waals surface area (Å²) in [5.74, 6) is 1.18. The van der Waals surface area contributed by atoms with E-state index < -0.39 is 10.1 Å². The van der Waals surface area contributed by atoms with Gasteiger partial charge in [-0.1, -0.05) is 38.1 Å². The average Bonchev–Trinajstić information content (AvgIpc) is 2.64. The summed E-state index contributed by atoms with van der Waals surface area (Å²) in [5.41, 5.74) is 1.66. The molecule has 0 aliphatic heterocycles. The van der Waals surface area contributed by atoms with Crippen molar-refractivity contribution in [2.75, 3.05) is 6.61 Å². The molecule has 0 bridgehead atoms. The van der Waals surface area contributed by atoms with Gasteiger partial charge in [0.25, 0.3) is 0 Å². The Bertz CT molecular complexity index is 824. The summed E-state index contributed by atoms with van der Waals surface area (Å²) in [6.07, 6.45) is 1.92. The highest BCUT2D eigenvalue weighted by Gasteiger charge is 2.08. The number of ether oxygens (including phenoxy) is 1. The van der Waals surface area contributed by atoms with Crippen LogP contribution >= 0.6 is 0 Å². The van der Waals surface area contributed by atoms with Gasteiger partial charge in [0, 0.05) is 12.0 Å². The number of carbonyl (C=O) groups excluding carboxylic acids is 1. The second kappa shape index (κ2) is 8.96. The first-order valence-electron chi connectivity index (χ1n) is 8.63. The van der Waals surface area contributed by atoms with Crippen molar-refractivity contribution >= 4 is 15.9 Å². The lowest BCUT2D eigenvalue weighted by Crippen LogP contribution is -2.05. The minimum Gasteiger partial charge on any atom is -0.744 e. The summed E-state index contributed by atoms with van der Waals surface area (Å²) < 4.78 is 38.3. The van der Waals surface area contributed by atoms with Crippen LogP contribution in [0.2, 0.25) is 0 Å². The normalized spacial score (nSPS) is 12.6. The van der Waals surface area contributed by atoms with Crippen LogP contribution in [0.25, 0.3) is 0 Å².